The maximum atomic E-state index is 4.32. The van der Waals surface area contributed by atoms with Crippen molar-refractivity contribution in [1.82, 2.24) is 14.5 Å². The molecule has 0 bridgehead atoms. The summed E-state index contributed by atoms with van der Waals surface area (Å²) in [4.78, 5) is 6.98. The van der Waals surface area contributed by atoms with E-state index in [2.05, 4.69) is 60.1 Å². The Bertz CT molecular complexity index is 394. The zero-order chi connectivity index (χ0) is 13.9. The third kappa shape index (κ3) is 4.53. The van der Waals surface area contributed by atoms with E-state index in [1.165, 1.54) is 31.7 Å². The summed E-state index contributed by atoms with van der Waals surface area (Å²) in [6, 6.07) is 0.702. The van der Waals surface area contributed by atoms with Crippen molar-refractivity contribution >= 4 is 11.8 Å². The van der Waals surface area contributed by atoms with E-state index in [0.717, 1.165) is 12.4 Å². The monoisotopic (exact) mass is 281 g/mol. The second-order valence-electron chi connectivity index (χ2n) is 6.42. The number of nitrogens with zero attached hydrogens (tertiary/aromatic N) is 3. The molecular weight excluding hydrogens is 254 g/mol. The van der Waals surface area contributed by atoms with Crippen molar-refractivity contribution in [2.24, 2.45) is 0 Å². The van der Waals surface area contributed by atoms with Gasteiger partial charge in [0.1, 0.15) is 5.82 Å². The van der Waals surface area contributed by atoms with Crippen molar-refractivity contribution in [2.45, 2.75) is 57.9 Å². The molecule has 0 amide bonds. The Kier molecular flexibility index (Phi) is 4.96. The Morgan fingerprint density at radius 3 is 2.84 bits per heavy atom. The molecule has 1 aliphatic heterocycles. The second-order valence-corrected chi connectivity index (χ2v) is 8.34. The van der Waals surface area contributed by atoms with Crippen molar-refractivity contribution in [1.29, 1.82) is 0 Å². The Morgan fingerprint density at radius 1 is 1.42 bits per heavy atom. The van der Waals surface area contributed by atoms with Gasteiger partial charge >= 0.3 is 0 Å². The number of rotatable bonds is 5. The van der Waals surface area contributed by atoms with Gasteiger partial charge in [-0.05, 0) is 26.3 Å². The van der Waals surface area contributed by atoms with E-state index in [1.807, 2.05) is 6.20 Å². The SMILES string of the molecule is Cc1nccn1C[C@H]1CCCN1CCSC(C)(C)C. The summed E-state index contributed by atoms with van der Waals surface area (Å²) in [5.41, 5.74) is 0. The van der Waals surface area contributed by atoms with Crippen LogP contribution in [0, 0.1) is 6.92 Å². The minimum Gasteiger partial charge on any atom is -0.334 e. The highest BCUT2D eigenvalue weighted by Crippen LogP contribution is 2.25. The van der Waals surface area contributed by atoms with Crippen LogP contribution in [0.25, 0.3) is 0 Å². The topological polar surface area (TPSA) is 21.1 Å². The van der Waals surface area contributed by atoms with Gasteiger partial charge in [0.2, 0.25) is 0 Å². The van der Waals surface area contributed by atoms with Crippen LogP contribution in [0.3, 0.4) is 0 Å². The molecule has 1 fully saturated rings. The standard InChI is InChI=1S/C15H27N3S/c1-13-16-7-9-18(13)12-14-6-5-8-17(14)10-11-19-15(2,3)4/h7,9,14H,5-6,8,10-12H2,1-4H3/t14-/m1/s1. The fraction of sp³-hybridized carbons (Fsp3) is 0.800. The second kappa shape index (κ2) is 6.31. The van der Waals surface area contributed by atoms with Gasteiger partial charge in [-0.15, -0.1) is 0 Å². The van der Waals surface area contributed by atoms with E-state index >= 15 is 0 Å². The molecule has 0 unspecified atom stereocenters. The molecule has 0 aromatic carbocycles. The fourth-order valence-electron chi connectivity index (χ4n) is 2.69. The van der Waals surface area contributed by atoms with Crippen LogP contribution < -0.4 is 0 Å². The number of hydrogen-bond donors (Lipinski definition) is 0. The zero-order valence-corrected chi connectivity index (χ0v) is 13.5. The van der Waals surface area contributed by atoms with Gasteiger partial charge in [-0.25, -0.2) is 4.98 Å². The van der Waals surface area contributed by atoms with Gasteiger partial charge in [-0.2, -0.15) is 11.8 Å². The third-order valence-electron chi connectivity index (χ3n) is 3.74. The molecule has 2 heterocycles. The number of likely N-dealkylation sites (tertiary alicyclic amines) is 1. The van der Waals surface area contributed by atoms with E-state index in [0.29, 0.717) is 10.8 Å². The number of hydrogen-bond acceptors (Lipinski definition) is 3. The molecule has 108 valence electrons. The van der Waals surface area contributed by atoms with E-state index in [4.69, 9.17) is 0 Å². The van der Waals surface area contributed by atoms with Crippen LogP contribution in [0.4, 0.5) is 0 Å². The van der Waals surface area contributed by atoms with Crippen LogP contribution >= 0.6 is 11.8 Å². The molecule has 4 heteroatoms. The van der Waals surface area contributed by atoms with Gasteiger partial charge in [0.15, 0.2) is 0 Å². The predicted octanol–water partition coefficient (Wildman–Crippen LogP) is 3.19. The Labute approximate surface area is 121 Å². The lowest BCUT2D eigenvalue weighted by molar-refractivity contribution is 0.245. The first-order valence-corrected chi connectivity index (χ1v) is 8.30. The fourth-order valence-corrected chi connectivity index (χ4v) is 3.63. The molecule has 1 atom stereocenters. The number of thioether (sulfide) groups is 1. The van der Waals surface area contributed by atoms with Crippen molar-refractivity contribution < 1.29 is 0 Å². The van der Waals surface area contributed by atoms with Crippen LogP contribution in [-0.2, 0) is 6.54 Å². The van der Waals surface area contributed by atoms with Crippen LogP contribution in [-0.4, -0.2) is 44.1 Å². The van der Waals surface area contributed by atoms with Crippen molar-refractivity contribution in [3.05, 3.63) is 18.2 Å². The Morgan fingerprint density at radius 2 is 2.21 bits per heavy atom. The highest BCUT2D eigenvalue weighted by molar-refractivity contribution is 8.00. The normalized spacial score (nSPS) is 21.2. The number of aromatic nitrogens is 2. The minimum atomic E-state index is 0.385. The maximum Gasteiger partial charge on any atom is 0.105 e. The summed E-state index contributed by atoms with van der Waals surface area (Å²) in [5.74, 6) is 2.37. The minimum absolute atomic E-state index is 0.385. The molecule has 1 aromatic rings. The molecule has 1 aliphatic rings. The van der Waals surface area contributed by atoms with E-state index in [-0.39, 0.29) is 0 Å². The van der Waals surface area contributed by atoms with Gasteiger partial charge in [0, 0.05) is 42.0 Å². The first kappa shape index (κ1) is 14.9. The van der Waals surface area contributed by atoms with Crippen LogP contribution in [0.5, 0.6) is 0 Å². The molecule has 3 nitrogen and oxygen atoms in total. The molecule has 0 radical (unpaired) electrons. The average molecular weight is 281 g/mol. The summed E-state index contributed by atoms with van der Waals surface area (Å²) in [6.07, 6.45) is 6.69. The van der Waals surface area contributed by atoms with Crippen molar-refractivity contribution in [3.63, 3.8) is 0 Å². The summed E-state index contributed by atoms with van der Waals surface area (Å²) in [7, 11) is 0. The average Bonchev–Trinajstić information content (AvgIpc) is 2.89. The van der Waals surface area contributed by atoms with E-state index in [9.17, 15) is 0 Å². The molecule has 1 saturated heterocycles. The molecule has 19 heavy (non-hydrogen) atoms. The lowest BCUT2D eigenvalue weighted by atomic mass is 10.2. The lowest BCUT2D eigenvalue weighted by Crippen LogP contribution is -2.35. The molecule has 0 N–H and O–H groups in total. The summed E-state index contributed by atoms with van der Waals surface area (Å²) in [6.45, 7) is 12.6. The first-order chi connectivity index (χ1) is 8.96. The van der Waals surface area contributed by atoms with Crippen LogP contribution in [0.1, 0.15) is 39.4 Å². The summed E-state index contributed by atoms with van der Waals surface area (Å²) in [5, 5.41) is 0. The van der Waals surface area contributed by atoms with Gasteiger partial charge in [0.25, 0.3) is 0 Å². The maximum absolute atomic E-state index is 4.32. The molecular formula is C15H27N3S. The first-order valence-electron chi connectivity index (χ1n) is 7.31. The van der Waals surface area contributed by atoms with Gasteiger partial charge in [0.05, 0.1) is 0 Å². The smallest absolute Gasteiger partial charge is 0.105 e. The van der Waals surface area contributed by atoms with Crippen molar-refractivity contribution in [2.75, 3.05) is 18.8 Å². The van der Waals surface area contributed by atoms with E-state index < -0.39 is 0 Å². The summed E-state index contributed by atoms with van der Waals surface area (Å²) >= 11 is 2.07. The number of imidazole rings is 1. The van der Waals surface area contributed by atoms with E-state index in [1.54, 1.807) is 0 Å². The zero-order valence-electron chi connectivity index (χ0n) is 12.7. The van der Waals surface area contributed by atoms with Crippen LogP contribution in [0.2, 0.25) is 0 Å². The van der Waals surface area contributed by atoms with Crippen LogP contribution in [0.15, 0.2) is 12.4 Å². The van der Waals surface area contributed by atoms with Crippen molar-refractivity contribution in [3.8, 4) is 0 Å². The Balaban J connectivity index is 1.82. The lowest BCUT2D eigenvalue weighted by Gasteiger charge is -2.26. The summed E-state index contributed by atoms with van der Waals surface area (Å²) < 4.78 is 2.68. The van der Waals surface area contributed by atoms with Gasteiger partial charge in [-0.1, -0.05) is 20.8 Å². The van der Waals surface area contributed by atoms with Gasteiger partial charge < -0.3 is 4.57 Å². The molecule has 0 aliphatic carbocycles. The van der Waals surface area contributed by atoms with Gasteiger partial charge in [-0.3, -0.25) is 4.90 Å². The third-order valence-corrected chi connectivity index (χ3v) is 5.00. The number of aryl methyl sites for hydroxylation is 1. The highest BCUT2D eigenvalue weighted by Gasteiger charge is 2.25. The molecule has 2 rings (SSSR count). The molecule has 0 saturated carbocycles. The molecule has 0 spiro atoms. The Hall–Kier alpha value is -0.480. The highest BCUT2D eigenvalue weighted by atomic mass is 32.2. The molecule has 1 aromatic heterocycles. The predicted molar refractivity (Wildman–Crippen MR) is 83.8 cm³/mol. The quantitative estimate of drug-likeness (QED) is 0.827. The largest absolute Gasteiger partial charge is 0.334 e.